The van der Waals surface area contributed by atoms with Gasteiger partial charge in [0, 0.05) is 11.5 Å². The van der Waals surface area contributed by atoms with Gasteiger partial charge in [-0.15, -0.1) is 10.2 Å². The molecule has 2 heterocycles. The zero-order valence-corrected chi connectivity index (χ0v) is 20.4. The average molecular weight is 478 g/mol. The average Bonchev–Trinajstić information content (AvgIpc) is 3.43. The lowest BCUT2D eigenvalue weighted by molar-refractivity contribution is -0.132. The summed E-state index contributed by atoms with van der Waals surface area (Å²) in [6.45, 7) is 8.44. The molecule has 1 N–H and O–H groups in total. The van der Waals surface area contributed by atoms with Gasteiger partial charge in [-0.25, -0.2) is 0 Å². The summed E-state index contributed by atoms with van der Waals surface area (Å²) in [5.74, 6) is -0.932. The van der Waals surface area contributed by atoms with Crippen molar-refractivity contribution in [1.82, 2.24) is 10.2 Å². The third-order valence-electron chi connectivity index (χ3n) is 5.72. The molecule has 2 aromatic carbocycles. The summed E-state index contributed by atoms with van der Waals surface area (Å²) in [5, 5.41) is 20.7. The smallest absolute Gasteiger partial charge is 0.301 e. The van der Waals surface area contributed by atoms with E-state index < -0.39 is 17.7 Å². The predicted octanol–water partition coefficient (Wildman–Crippen LogP) is 5.25. The highest BCUT2D eigenvalue weighted by Gasteiger charge is 2.48. The number of Topliss-reactive ketones (excluding diaryl/α,β-unsaturated/α-hetero) is 1. The molecule has 0 spiro atoms. The molecule has 4 rings (SSSR count). The van der Waals surface area contributed by atoms with Gasteiger partial charge in [0.2, 0.25) is 5.13 Å². The number of carbonyl (C=O) groups is 2. The van der Waals surface area contributed by atoms with Crippen LogP contribution in [0.1, 0.15) is 61.4 Å². The minimum absolute atomic E-state index is 0.0275. The number of amides is 1. The molecule has 0 radical (unpaired) electrons. The number of hydrogen-bond donors (Lipinski definition) is 1. The molecular formula is C26H27N3O4S. The first-order chi connectivity index (χ1) is 16.3. The zero-order valence-electron chi connectivity index (χ0n) is 19.6. The van der Waals surface area contributed by atoms with E-state index in [0.717, 1.165) is 17.0 Å². The Bertz CT molecular complexity index is 1230. The summed E-state index contributed by atoms with van der Waals surface area (Å²) in [4.78, 5) is 27.8. The maximum Gasteiger partial charge on any atom is 0.301 e. The summed E-state index contributed by atoms with van der Waals surface area (Å²) in [5.41, 5.74) is 2.30. The molecule has 0 aliphatic carbocycles. The van der Waals surface area contributed by atoms with Gasteiger partial charge in [0.15, 0.2) is 0 Å². The van der Waals surface area contributed by atoms with Crippen molar-refractivity contribution >= 4 is 33.9 Å². The monoisotopic (exact) mass is 477 g/mol. The number of benzene rings is 2. The van der Waals surface area contributed by atoms with Gasteiger partial charge >= 0.3 is 5.91 Å². The summed E-state index contributed by atoms with van der Waals surface area (Å²) >= 11 is 1.28. The van der Waals surface area contributed by atoms with Crippen molar-refractivity contribution in [3.8, 4) is 5.75 Å². The van der Waals surface area contributed by atoms with Crippen LogP contribution in [0.25, 0.3) is 5.76 Å². The van der Waals surface area contributed by atoms with Crippen LogP contribution >= 0.6 is 11.3 Å². The summed E-state index contributed by atoms with van der Waals surface area (Å²) < 4.78 is 5.47. The van der Waals surface area contributed by atoms with Gasteiger partial charge in [-0.3, -0.25) is 14.5 Å². The SMILES string of the molecule is CCOc1ccc(C(O)=C2C(=O)C(=O)N(c3nnc(C(C)C)s3)[C@@H]2c2ccc(CC)cc2)cc1. The van der Waals surface area contributed by atoms with E-state index in [4.69, 9.17) is 4.74 Å². The number of ketones is 1. The van der Waals surface area contributed by atoms with Crippen LogP contribution in [-0.4, -0.2) is 33.6 Å². The molecule has 176 valence electrons. The fourth-order valence-electron chi connectivity index (χ4n) is 3.87. The van der Waals surface area contributed by atoms with Crippen molar-refractivity contribution in [2.24, 2.45) is 0 Å². The fourth-order valence-corrected chi connectivity index (χ4v) is 4.74. The van der Waals surface area contributed by atoms with Crippen molar-refractivity contribution in [2.45, 2.75) is 46.1 Å². The number of carbonyl (C=O) groups excluding carboxylic acids is 2. The number of anilines is 1. The van der Waals surface area contributed by atoms with Crippen LogP contribution in [0.15, 0.2) is 54.1 Å². The lowest BCUT2D eigenvalue weighted by atomic mass is 9.94. The normalized spacial score (nSPS) is 17.6. The Morgan fingerprint density at radius 2 is 1.74 bits per heavy atom. The standard InChI is InChI=1S/C26H27N3O4S/c1-5-16-7-9-17(10-8-16)21-20(22(30)18-11-13-19(14-12-18)33-6-2)23(31)25(32)29(21)26-28-27-24(34-26)15(3)4/h7-15,21,30H,5-6H2,1-4H3/t21-/m1/s1. The van der Waals surface area contributed by atoms with Gasteiger partial charge in [0.05, 0.1) is 18.2 Å². The van der Waals surface area contributed by atoms with Crippen LogP contribution in [0.3, 0.4) is 0 Å². The van der Waals surface area contributed by atoms with Crippen LogP contribution in [0, 0.1) is 0 Å². The molecular weight excluding hydrogens is 450 g/mol. The maximum absolute atomic E-state index is 13.2. The third-order valence-corrected chi connectivity index (χ3v) is 6.94. The molecule has 1 amide bonds. The van der Waals surface area contributed by atoms with Gasteiger partial charge in [-0.05, 0) is 48.7 Å². The van der Waals surface area contributed by atoms with Gasteiger partial charge in [-0.1, -0.05) is 56.4 Å². The van der Waals surface area contributed by atoms with Crippen molar-refractivity contribution < 1.29 is 19.4 Å². The Morgan fingerprint density at radius 3 is 2.29 bits per heavy atom. The molecule has 1 fully saturated rings. The number of hydrogen-bond acceptors (Lipinski definition) is 7. The summed E-state index contributed by atoms with van der Waals surface area (Å²) in [6, 6.07) is 13.7. The quantitative estimate of drug-likeness (QED) is 0.284. The van der Waals surface area contributed by atoms with Crippen molar-refractivity contribution in [2.75, 3.05) is 11.5 Å². The molecule has 3 aromatic rings. The second-order valence-corrected chi connectivity index (χ2v) is 9.29. The second-order valence-electron chi connectivity index (χ2n) is 8.30. The highest BCUT2D eigenvalue weighted by molar-refractivity contribution is 7.15. The Morgan fingerprint density at radius 1 is 1.06 bits per heavy atom. The Hall–Kier alpha value is -3.52. The molecule has 0 saturated carbocycles. The Balaban J connectivity index is 1.86. The first-order valence-corrected chi connectivity index (χ1v) is 12.1. The molecule has 0 unspecified atom stereocenters. The maximum atomic E-state index is 13.2. The Kier molecular flexibility index (Phi) is 6.79. The van der Waals surface area contributed by atoms with Crippen molar-refractivity contribution in [3.05, 3.63) is 75.8 Å². The molecule has 8 heteroatoms. The van der Waals surface area contributed by atoms with Crippen molar-refractivity contribution in [3.63, 3.8) is 0 Å². The molecule has 0 bridgehead atoms. The predicted molar refractivity (Wildman–Crippen MR) is 132 cm³/mol. The van der Waals surface area contributed by atoms with E-state index in [2.05, 4.69) is 17.1 Å². The van der Waals surface area contributed by atoms with E-state index in [-0.39, 0.29) is 17.3 Å². The second kappa shape index (κ2) is 9.77. The third kappa shape index (κ3) is 4.33. The molecule has 1 aliphatic heterocycles. The number of aryl methyl sites for hydroxylation is 1. The van der Waals surface area contributed by atoms with E-state index in [9.17, 15) is 14.7 Å². The zero-order chi connectivity index (χ0) is 24.4. The van der Waals surface area contributed by atoms with Gasteiger partial charge in [0.25, 0.3) is 5.78 Å². The lowest BCUT2D eigenvalue weighted by Gasteiger charge is -2.22. The first-order valence-electron chi connectivity index (χ1n) is 11.3. The Labute approximate surface area is 202 Å². The largest absolute Gasteiger partial charge is 0.507 e. The minimum atomic E-state index is -0.814. The van der Waals surface area contributed by atoms with E-state index in [1.165, 1.54) is 16.2 Å². The topological polar surface area (TPSA) is 92.6 Å². The highest BCUT2D eigenvalue weighted by atomic mass is 32.1. The summed E-state index contributed by atoms with van der Waals surface area (Å²) in [6.07, 6.45) is 0.862. The minimum Gasteiger partial charge on any atom is -0.507 e. The van der Waals surface area contributed by atoms with Crippen LogP contribution in [0.5, 0.6) is 5.75 Å². The number of aliphatic hydroxyl groups excluding tert-OH is 1. The lowest BCUT2D eigenvalue weighted by Crippen LogP contribution is -2.29. The molecule has 1 aromatic heterocycles. The molecule has 1 aliphatic rings. The van der Waals surface area contributed by atoms with E-state index in [0.29, 0.717) is 28.6 Å². The number of rotatable bonds is 7. The van der Waals surface area contributed by atoms with Gasteiger partial charge in [-0.2, -0.15) is 0 Å². The van der Waals surface area contributed by atoms with Crippen LogP contribution in [0.2, 0.25) is 0 Å². The van der Waals surface area contributed by atoms with Crippen LogP contribution in [0.4, 0.5) is 5.13 Å². The van der Waals surface area contributed by atoms with Crippen molar-refractivity contribution in [1.29, 1.82) is 0 Å². The van der Waals surface area contributed by atoms with Gasteiger partial charge in [0.1, 0.15) is 16.5 Å². The van der Waals surface area contributed by atoms with E-state index in [1.54, 1.807) is 24.3 Å². The highest BCUT2D eigenvalue weighted by Crippen LogP contribution is 2.43. The molecule has 1 atom stereocenters. The van der Waals surface area contributed by atoms with Gasteiger partial charge < -0.3 is 9.84 Å². The number of aliphatic hydroxyl groups is 1. The molecule has 7 nitrogen and oxygen atoms in total. The first kappa shape index (κ1) is 23.6. The fraction of sp³-hybridized carbons (Fsp3) is 0.308. The van der Waals surface area contributed by atoms with Crippen LogP contribution in [-0.2, 0) is 16.0 Å². The molecule has 34 heavy (non-hydrogen) atoms. The molecule has 1 saturated heterocycles. The number of aromatic nitrogens is 2. The number of ether oxygens (including phenoxy) is 1. The van der Waals surface area contributed by atoms with E-state index in [1.807, 2.05) is 45.0 Å². The van der Waals surface area contributed by atoms with Crippen LogP contribution < -0.4 is 9.64 Å². The number of nitrogens with zero attached hydrogens (tertiary/aromatic N) is 3. The summed E-state index contributed by atoms with van der Waals surface area (Å²) in [7, 11) is 0. The van der Waals surface area contributed by atoms with E-state index >= 15 is 0 Å².